The average molecular weight is 351 g/mol. The van der Waals surface area contributed by atoms with Gasteiger partial charge in [0.15, 0.2) is 0 Å². The van der Waals surface area contributed by atoms with E-state index in [0.29, 0.717) is 10.9 Å². The van der Waals surface area contributed by atoms with Crippen molar-refractivity contribution in [2.45, 2.75) is 32.2 Å². The molecule has 0 radical (unpaired) electrons. The second kappa shape index (κ2) is 7.69. The Balaban J connectivity index is 1.99. The van der Waals surface area contributed by atoms with Gasteiger partial charge in [-0.25, -0.2) is 4.39 Å². The lowest BCUT2D eigenvalue weighted by Crippen LogP contribution is -2.37. The number of hydrogen-bond donors (Lipinski definition) is 2. The highest BCUT2D eigenvalue weighted by Crippen LogP contribution is 2.22. The molecule has 2 aromatic rings. The fourth-order valence-corrected chi connectivity index (χ4v) is 2.85. The molecule has 0 heterocycles. The quantitative estimate of drug-likeness (QED) is 0.612. The fourth-order valence-electron chi connectivity index (χ4n) is 2.42. The van der Waals surface area contributed by atoms with E-state index in [1.165, 1.54) is 17.2 Å². The Bertz CT molecular complexity index is 601. The summed E-state index contributed by atoms with van der Waals surface area (Å²) in [7, 11) is 0. The number of hydrogen-bond acceptors (Lipinski definition) is 2. The van der Waals surface area contributed by atoms with Gasteiger partial charge in [-0.1, -0.05) is 42.0 Å². The summed E-state index contributed by atoms with van der Waals surface area (Å²) in [6.07, 6.45) is 2.55. The van der Waals surface area contributed by atoms with Crippen LogP contribution in [0.5, 0.6) is 0 Å². The van der Waals surface area contributed by atoms with Crippen LogP contribution in [0.1, 0.15) is 23.1 Å². The first-order valence-electron chi connectivity index (χ1n) is 7.04. The lowest BCUT2D eigenvalue weighted by Gasteiger charge is -2.17. The molecule has 4 heteroatoms. The predicted octanol–water partition coefficient (Wildman–Crippen LogP) is 3.90. The summed E-state index contributed by atoms with van der Waals surface area (Å²) in [4.78, 5) is 0. The van der Waals surface area contributed by atoms with Gasteiger partial charge in [-0.2, -0.15) is 0 Å². The number of nitrogens with two attached hydrogens (primary N) is 1. The van der Waals surface area contributed by atoms with E-state index in [9.17, 15) is 4.39 Å². The molecule has 0 bridgehead atoms. The maximum atomic E-state index is 13.5. The normalized spacial score (nSPS) is 12.4. The van der Waals surface area contributed by atoms with E-state index in [1.54, 1.807) is 6.07 Å². The number of halogens is 2. The van der Waals surface area contributed by atoms with Gasteiger partial charge >= 0.3 is 0 Å². The lowest BCUT2D eigenvalue weighted by molar-refractivity contribution is 0.489. The molecule has 0 aliphatic carbocycles. The fraction of sp³-hybridized carbons (Fsp3) is 0.294. The third kappa shape index (κ3) is 4.63. The highest BCUT2D eigenvalue weighted by Gasteiger charge is 2.12. The van der Waals surface area contributed by atoms with Gasteiger partial charge in [-0.3, -0.25) is 11.3 Å². The average Bonchev–Trinajstić information content (AvgIpc) is 2.48. The molecule has 0 aliphatic rings. The molecule has 0 amide bonds. The number of nitrogens with one attached hydrogen (secondary N) is 1. The molecule has 3 N–H and O–H groups in total. The maximum Gasteiger partial charge on any atom is 0.137 e. The Kier molecular flexibility index (Phi) is 5.91. The van der Waals surface area contributed by atoms with E-state index < -0.39 is 0 Å². The summed E-state index contributed by atoms with van der Waals surface area (Å²) >= 11 is 3.30. The minimum Gasteiger partial charge on any atom is -0.271 e. The zero-order valence-electron chi connectivity index (χ0n) is 12.1. The number of benzene rings is 2. The largest absolute Gasteiger partial charge is 0.271 e. The molecule has 2 aromatic carbocycles. The molecule has 0 saturated heterocycles. The Labute approximate surface area is 133 Å². The van der Waals surface area contributed by atoms with Crippen molar-refractivity contribution in [3.8, 4) is 0 Å². The van der Waals surface area contributed by atoms with Crippen LogP contribution in [0, 0.1) is 12.7 Å². The molecule has 2 rings (SSSR count). The molecule has 0 saturated carbocycles. The van der Waals surface area contributed by atoms with Crippen LogP contribution >= 0.6 is 15.9 Å². The summed E-state index contributed by atoms with van der Waals surface area (Å²) < 4.78 is 14.1. The van der Waals surface area contributed by atoms with Gasteiger partial charge in [-0.15, -0.1) is 0 Å². The van der Waals surface area contributed by atoms with Gasteiger partial charge < -0.3 is 0 Å². The van der Waals surface area contributed by atoms with Crippen LogP contribution in [0.25, 0.3) is 0 Å². The van der Waals surface area contributed by atoms with Crippen molar-refractivity contribution in [3.05, 3.63) is 69.4 Å². The van der Waals surface area contributed by atoms with Crippen LogP contribution < -0.4 is 11.3 Å². The minimum absolute atomic E-state index is 0.114. The van der Waals surface area contributed by atoms with E-state index in [2.05, 4.69) is 52.5 Å². The second-order valence-corrected chi connectivity index (χ2v) is 6.10. The summed E-state index contributed by atoms with van der Waals surface area (Å²) in [6, 6.07) is 13.7. The number of aryl methyl sites for hydroxylation is 2. The Morgan fingerprint density at radius 1 is 1.24 bits per heavy atom. The van der Waals surface area contributed by atoms with Crippen LogP contribution in [0.15, 0.2) is 46.9 Å². The monoisotopic (exact) mass is 350 g/mol. The molecule has 0 aromatic heterocycles. The molecule has 21 heavy (non-hydrogen) atoms. The molecular weight excluding hydrogens is 331 g/mol. The Hall–Kier alpha value is -1.23. The molecule has 1 unspecified atom stereocenters. The van der Waals surface area contributed by atoms with Gasteiger partial charge in [-0.05, 0) is 59.3 Å². The summed E-state index contributed by atoms with van der Waals surface area (Å²) in [5.74, 6) is 5.41. The van der Waals surface area contributed by atoms with E-state index >= 15 is 0 Å². The van der Waals surface area contributed by atoms with Crippen molar-refractivity contribution in [3.63, 3.8) is 0 Å². The zero-order valence-corrected chi connectivity index (χ0v) is 13.7. The molecule has 0 fully saturated rings. The van der Waals surface area contributed by atoms with Crippen LogP contribution in [0.2, 0.25) is 0 Å². The van der Waals surface area contributed by atoms with Gasteiger partial charge in [0.25, 0.3) is 0 Å². The van der Waals surface area contributed by atoms with Crippen molar-refractivity contribution in [2.24, 2.45) is 5.84 Å². The zero-order chi connectivity index (χ0) is 15.2. The van der Waals surface area contributed by atoms with Crippen LogP contribution in [-0.2, 0) is 12.8 Å². The first-order chi connectivity index (χ1) is 10.1. The topological polar surface area (TPSA) is 38.0 Å². The van der Waals surface area contributed by atoms with Crippen molar-refractivity contribution < 1.29 is 4.39 Å². The molecule has 0 aliphatic heterocycles. The second-order valence-electron chi connectivity index (χ2n) is 5.31. The molecule has 112 valence electrons. The summed E-state index contributed by atoms with van der Waals surface area (Å²) in [5, 5.41) is 0. The van der Waals surface area contributed by atoms with E-state index in [0.717, 1.165) is 18.4 Å². The standard InChI is InChI=1S/C17H20BrFN2/c1-12-4-2-5-13(10-12)8-9-15(21-20)11-14-6-3-7-16(19)17(14)18/h2-7,10,15,21H,8-9,11,20H2,1H3. The Morgan fingerprint density at radius 3 is 2.71 bits per heavy atom. The van der Waals surface area contributed by atoms with E-state index in [4.69, 9.17) is 5.84 Å². The van der Waals surface area contributed by atoms with Gasteiger partial charge in [0.1, 0.15) is 5.82 Å². The van der Waals surface area contributed by atoms with Gasteiger partial charge in [0.2, 0.25) is 0 Å². The minimum atomic E-state index is -0.234. The summed E-state index contributed by atoms with van der Waals surface area (Å²) in [6.45, 7) is 2.09. The van der Waals surface area contributed by atoms with E-state index in [1.807, 2.05) is 6.07 Å². The van der Waals surface area contributed by atoms with Crippen molar-refractivity contribution >= 4 is 15.9 Å². The van der Waals surface area contributed by atoms with Crippen LogP contribution in [0.3, 0.4) is 0 Å². The van der Waals surface area contributed by atoms with Gasteiger partial charge in [0.05, 0.1) is 4.47 Å². The number of rotatable bonds is 6. The third-order valence-corrected chi connectivity index (χ3v) is 4.49. The third-order valence-electron chi connectivity index (χ3n) is 3.60. The molecule has 0 spiro atoms. The van der Waals surface area contributed by atoms with Crippen molar-refractivity contribution in [1.29, 1.82) is 0 Å². The lowest BCUT2D eigenvalue weighted by atomic mass is 9.99. The smallest absolute Gasteiger partial charge is 0.137 e. The van der Waals surface area contributed by atoms with E-state index in [-0.39, 0.29) is 11.9 Å². The van der Waals surface area contributed by atoms with Crippen molar-refractivity contribution in [2.75, 3.05) is 0 Å². The van der Waals surface area contributed by atoms with Crippen molar-refractivity contribution in [1.82, 2.24) is 5.43 Å². The first kappa shape index (κ1) is 16.1. The Morgan fingerprint density at radius 2 is 2.00 bits per heavy atom. The van der Waals surface area contributed by atoms with Crippen LogP contribution in [0.4, 0.5) is 4.39 Å². The molecule has 2 nitrogen and oxygen atoms in total. The molecule has 1 atom stereocenters. The maximum absolute atomic E-state index is 13.5. The number of hydrazine groups is 1. The molecular formula is C17H20BrFN2. The summed E-state index contributed by atoms with van der Waals surface area (Å²) in [5.41, 5.74) is 6.33. The van der Waals surface area contributed by atoms with Gasteiger partial charge in [0, 0.05) is 6.04 Å². The predicted molar refractivity (Wildman–Crippen MR) is 88.4 cm³/mol. The highest BCUT2D eigenvalue weighted by molar-refractivity contribution is 9.10. The highest BCUT2D eigenvalue weighted by atomic mass is 79.9. The van der Waals surface area contributed by atoms with Crippen LogP contribution in [-0.4, -0.2) is 6.04 Å². The first-order valence-corrected chi connectivity index (χ1v) is 7.84. The SMILES string of the molecule is Cc1cccc(CCC(Cc2cccc(F)c2Br)NN)c1.